The molecule has 3 saturated heterocycles. The Morgan fingerprint density at radius 1 is 1.00 bits per heavy atom. The molecule has 0 unspecified atom stereocenters. The van der Waals surface area contributed by atoms with Gasteiger partial charge >= 0.3 is 0 Å². The first kappa shape index (κ1) is 16.3. The minimum atomic E-state index is 0.519. The summed E-state index contributed by atoms with van der Waals surface area (Å²) < 4.78 is 1.16. The Kier molecular flexibility index (Phi) is 5.02. The molecule has 3 heteroatoms. The van der Waals surface area contributed by atoms with Crippen molar-refractivity contribution < 1.29 is 10.2 Å². The lowest BCUT2D eigenvalue weighted by atomic mass is 9.83. The van der Waals surface area contributed by atoms with Gasteiger partial charge in [0.05, 0.1) is 13.1 Å². The van der Waals surface area contributed by atoms with Gasteiger partial charge in [0, 0.05) is 35.2 Å². The molecule has 2 aromatic carbocycles. The van der Waals surface area contributed by atoms with Crippen LogP contribution in [0.3, 0.4) is 0 Å². The first-order chi connectivity index (χ1) is 11.8. The molecule has 2 nitrogen and oxygen atoms in total. The lowest BCUT2D eigenvalue weighted by molar-refractivity contribution is -0.945. The van der Waals surface area contributed by atoms with Crippen LogP contribution in [0, 0.1) is 5.92 Å². The van der Waals surface area contributed by atoms with Gasteiger partial charge in [-0.05, 0) is 17.7 Å². The fourth-order valence-electron chi connectivity index (χ4n) is 4.58. The molecule has 0 saturated carbocycles. The lowest BCUT2D eigenvalue weighted by Gasteiger charge is -2.41. The molecule has 3 aliphatic rings. The predicted octanol–water partition coefficient (Wildman–Crippen LogP) is 1.97. The van der Waals surface area contributed by atoms with E-state index in [-0.39, 0.29) is 0 Å². The average molecular weight is 387 g/mol. The number of fused-ring (bicyclic) bond motifs is 3. The molecule has 0 amide bonds. The van der Waals surface area contributed by atoms with Crippen molar-refractivity contribution in [3.05, 3.63) is 70.2 Å². The van der Waals surface area contributed by atoms with Crippen molar-refractivity contribution in [1.29, 1.82) is 0 Å². The normalized spacial score (nSPS) is 27.1. The third-order valence-corrected chi connectivity index (χ3v) is 6.47. The smallest absolute Gasteiger partial charge is 0.139 e. The van der Waals surface area contributed by atoms with Gasteiger partial charge in [0.2, 0.25) is 0 Å². The van der Waals surface area contributed by atoms with E-state index >= 15 is 0 Å². The van der Waals surface area contributed by atoms with Gasteiger partial charge in [0.1, 0.15) is 18.6 Å². The maximum Gasteiger partial charge on any atom is 0.139 e. The largest absolute Gasteiger partial charge is 0.332 e. The van der Waals surface area contributed by atoms with Crippen LogP contribution >= 0.6 is 15.9 Å². The Hall–Kier alpha value is -1.16. The van der Waals surface area contributed by atoms with Crippen molar-refractivity contribution in [2.45, 2.75) is 31.3 Å². The SMILES string of the molecule is Brc1ccc([C@@H](Cc2ccccc2)[NH2+][C@H]2C[NH+]3CCC2CC3)cc1. The van der Waals surface area contributed by atoms with Gasteiger partial charge in [-0.1, -0.05) is 58.4 Å². The molecule has 126 valence electrons. The Balaban J connectivity index is 1.54. The first-order valence-corrected chi connectivity index (χ1v) is 10.0. The molecule has 3 heterocycles. The summed E-state index contributed by atoms with van der Waals surface area (Å²) in [5, 5.41) is 2.69. The first-order valence-electron chi connectivity index (χ1n) is 9.26. The molecular weight excluding hydrogens is 360 g/mol. The third-order valence-electron chi connectivity index (χ3n) is 5.94. The van der Waals surface area contributed by atoms with Crippen molar-refractivity contribution in [3.8, 4) is 0 Å². The van der Waals surface area contributed by atoms with E-state index in [0.29, 0.717) is 6.04 Å². The standard InChI is InChI=1S/C21H25BrN2/c22-19-8-6-17(7-9-19)20(14-16-4-2-1-3-5-16)23-21-15-24-12-10-18(21)11-13-24/h1-9,18,20-21,23H,10-15H2/p+2/t20-,21+/m1/s1. The topological polar surface area (TPSA) is 21.1 Å². The summed E-state index contributed by atoms with van der Waals surface area (Å²) in [5.41, 5.74) is 2.89. The lowest BCUT2D eigenvalue weighted by Crippen LogP contribution is -3.20. The highest BCUT2D eigenvalue weighted by Crippen LogP contribution is 2.21. The van der Waals surface area contributed by atoms with E-state index in [9.17, 15) is 0 Å². The van der Waals surface area contributed by atoms with Gasteiger partial charge in [0.25, 0.3) is 0 Å². The number of halogens is 1. The van der Waals surface area contributed by atoms with Crippen LogP contribution in [0.2, 0.25) is 0 Å². The number of nitrogens with one attached hydrogen (secondary N) is 1. The monoisotopic (exact) mass is 386 g/mol. The molecule has 3 fully saturated rings. The van der Waals surface area contributed by atoms with Crippen LogP contribution in [0.25, 0.3) is 0 Å². The van der Waals surface area contributed by atoms with E-state index < -0.39 is 0 Å². The van der Waals surface area contributed by atoms with E-state index in [1.165, 1.54) is 43.6 Å². The number of benzene rings is 2. The number of nitrogens with two attached hydrogens (primary N) is 1. The number of piperidine rings is 3. The Morgan fingerprint density at radius 3 is 2.33 bits per heavy atom. The van der Waals surface area contributed by atoms with E-state index in [0.717, 1.165) is 22.9 Å². The Bertz CT molecular complexity index is 647. The molecular formula is C21H27BrN2+2. The Labute approximate surface area is 153 Å². The molecule has 3 N–H and O–H groups in total. The zero-order valence-corrected chi connectivity index (χ0v) is 15.7. The summed E-state index contributed by atoms with van der Waals surface area (Å²) >= 11 is 3.57. The molecule has 2 atom stereocenters. The fourth-order valence-corrected chi connectivity index (χ4v) is 4.84. The van der Waals surface area contributed by atoms with Crippen LogP contribution in [-0.2, 0) is 6.42 Å². The van der Waals surface area contributed by atoms with Crippen LogP contribution in [0.5, 0.6) is 0 Å². The molecule has 0 aliphatic carbocycles. The van der Waals surface area contributed by atoms with Crippen molar-refractivity contribution in [3.63, 3.8) is 0 Å². The van der Waals surface area contributed by atoms with Gasteiger partial charge in [-0.15, -0.1) is 0 Å². The molecule has 2 bridgehead atoms. The van der Waals surface area contributed by atoms with E-state index in [1.807, 2.05) is 4.90 Å². The van der Waals surface area contributed by atoms with E-state index in [1.54, 1.807) is 0 Å². The molecule has 0 radical (unpaired) electrons. The number of rotatable bonds is 5. The molecule has 2 aromatic rings. The van der Waals surface area contributed by atoms with Crippen molar-refractivity contribution in [2.24, 2.45) is 5.92 Å². The predicted molar refractivity (Wildman–Crippen MR) is 101 cm³/mol. The highest BCUT2D eigenvalue weighted by Gasteiger charge is 2.41. The maximum absolute atomic E-state index is 3.57. The van der Waals surface area contributed by atoms with Crippen molar-refractivity contribution in [1.82, 2.24) is 0 Å². The number of quaternary nitrogens is 2. The second-order valence-electron chi connectivity index (χ2n) is 7.50. The minimum Gasteiger partial charge on any atom is -0.332 e. The van der Waals surface area contributed by atoms with Gasteiger partial charge in [-0.25, -0.2) is 0 Å². The number of hydrogen-bond acceptors (Lipinski definition) is 0. The van der Waals surface area contributed by atoms with Gasteiger partial charge < -0.3 is 10.2 Å². The second kappa shape index (κ2) is 7.38. The molecule has 5 rings (SSSR count). The van der Waals surface area contributed by atoms with Crippen LogP contribution in [0.1, 0.15) is 30.0 Å². The Morgan fingerprint density at radius 2 is 1.71 bits per heavy atom. The highest BCUT2D eigenvalue weighted by molar-refractivity contribution is 9.10. The third kappa shape index (κ3) is 3.74. The summed E-state index contributed by atoms with van der Waals surface area (Å²) in [6, 6.07) is 21.2. The zero-order chi connectivity index (χ0) is 16.4. The van der Waals surface area contributed by atoms with Crippen LogP contribution in [0.15, 0.2) is 59.1 Å². The van der Waals surface area contributed by atoms with Gasteiger partial charge in [-0.3, -0.25) is 0 Å². The van der Waals surface area contributed by atoms with Crippen LogP contribution in [-0.4, -0.2) is 25.7 Å². The summed E-state index contributed by atoms with van der Waals surface area (Å²) in [4.78, 5) is 1.83. The fraction of sp³-hybridized carbons (Fsp3) is 0.429. The molecule has 3 aliphatic heterocycles. The van der Waals surface area contributed by atoms with Crippen molar-refractivity contribution >= 4 is 15.9 Å². The van der Waals surface area contributed by atoms with Gasteiger partial charge in [-0.2, -0.15) is 0 Å². The quantitative estimate of drug-likeness (QED) is 0.783. The summed E-state index contributed by atoms with van der Waals surface area (Å²) in [5.74, 6) is 0.927. The maximum atomic E-state index is 3.57. The van der Waals surface area contributed by atoms with E-state index in [4.69, 9.17) is 0 Å². The summed E-state index contributed by atoms with van der Waals surface area (Å²) in [6.45, 7) is 4.15. The van der Waals surface area contributed by atoms with Crippen LogP contribution < -0.4 is 10.2 Å². The van der Waals surface area contributed by atoms with Gasteiger partial charge in [0.15, 0.2) is 0 Å². The average Bonchev–Trinajstić information content (AvgIpc) is 2.64. The minimum absolute atomic E-state index is 0.519. The molecule has 24 heavy (non-hydrogen) atoms. The van der Waals surface area contributed by atoms with Crippen LogP contribution in [0.4, 0.5) is 0 Å². The van der Waals surface area contributed by atoms with E-state index in [2.05, 4.69) is 75.8 Å². The highest BCUT2D eigenvalue weighted by atomic mass is 79.9. The molecule has 0 spiro atoms. The van der Waals surface area contributed by atoms with Crippen molar-refractivity contribution in [2.75, 3.05) is 19.6 Å². The molecule has 0 aromatic heterocycles. The second-order valence-corrected chi connectivity index (χ2v) is 8.41. The zero-order valence-electron chi connectivity index (χ0n) is 14.1. The summed E-state index contributed by atoms with van der Waals surface area (Å²) in [6.07, 6.45) is 3.96. The number of hydrogen-bond donors (Lipinski definition) is 2. The summed E-state index contributed by atoms with van der Waals surface area (Å²) in [7, 11) is 0.